The molecule has 0 radical (unpaired) electrons. The van der Waals surface area contributed by atoms with Crippen molar-refractivity contribution >= 4 is 5.78 Å². The largest absolute Gasteiger partial charge is 0.496 e. The summed E-state index contributed by atoms with van der Waals surface area (Å²) in [5, 5.41) is 8.47. The van der Waals surface area contributed by atoms with E-state index in [4.69, 9.17) is 10.00 Å². The number of carbonyl (C=O) groups excluding carboxylic acids is 1. The van der Waals surface area contributed by atoms with Gasteiger partial charge >= 0.3 is 0 Å². The van der Waals surface area contributed by atoms with Gasteiger partial charge in [0.25, 0.3) is 0 Å². The first-order valence-electron chi connectivity index (χ1n) is 6.19. The van der Waals surface area contributed by atoms with E-state index in [1.54, 1.807) is 7.11 Å². The topological polar surface area (TPSA) is 53.3 Å². The summed E-state index contributed by atoms with van der Waals surface area (Å²) < 4.78 is 5.28. The van der Waals surface area contributed by atoms with Gasteiger partial charge in [0.15, 0.2) is 5.78 Å². The van der Waals surface area contributed by atoms with Crippen LogP contribution in [-0.2, 0) is 11.3 Å². The first-order valence-corrected chi connectivity index (χ1v) is 6.19. The van der Waals surface area contributed by atoms with Crippen LogP contribution in [0.4, 0.5) is 0 Å². The average molecular weight is 260 g/mol. The molecule has 0 fully saturated rings. The van der Waals surface area contributed by atoms with Crippen LogP contribution in [0.5, 0.6) is 5.75 Å². The fourth-order valence-electron chi connectivity index (χ4n) is 2.04. The van der Waals surface area contributed by atoms with E-state index in [1.807, 2.05) is 37.1 Å². The Kier molecular flexibility index (Phi) is 5.53. The van der Waals surface area contributed by atoms with Crippen LogP contribution < -0.4 is 4.74 Å². The number of methoxy groups -OCH3 is 1. The van der Waals surface area contributed by atoms with E-state index in [0.29, 0.717) is 13.1 Å². The van der Waals surface area contributed by atoms with Gasteiger partial charge in [0.05, 0.1) is 26.1 Å². The van der Waals surface area contributed by atoms with E-state index in [2.05, 4.69) is 6.92 Å². The lowest BCUT2D eigenvalue weighted by atomic mass is 10.0. The van der Waals surface area contributed by atoms with Crippen LogP contribution in [0.15, 0.2) is 12.1 Å². The monoisotopic (exact) mass is 260 g/mol. The average Bonchev–Trinajstić information content (AvgIpc) is 2.35. The summed E-state index contributed by atoms with van der Waals surface area (Å²) >= 11 is 0. The quantitative estimate of drug-likeness (QED) is 0.787. The highest BCUT2D eigenvalue weighted by atomic mass is 16.5. The summed E-state index contributed by atoms with van der Waals surface area (Å²) in [5.41, 5.74) is 3.47. The van der Waals surface area contributed by atoms with Crippen molar-refractivity contribution in [3.63, 3.8) is 0 Å². The van der Waals surface area contributed by atoms with E-state index in [0.717, 1.165) is 11.3 Å². The maximum atomic E-state index is 11.4. The molecule has 0 unspecified atom stereocenters. The van der Waals surface area contributed by atoms with E-state index >= 15 is 0 Å². The minimum atomic E-state index is -0.0483. The Morgan fingerprint density at radius 3 is 2.63 bits per heavy atom. The molecule has 4 nitrogen and oxygen atoms in total. The Hall–Kier alpha value is -1.86. The lowest BCUT2D eigenvalue weighted by Gasteiger charge is -2.18. The van der Waals surface area contributed by atoms with E-state index < -0.39 is 0 Å². The summed E-state index contributed by atoms with van der Waals surface area (Å²) in [4.78, 5) is 13.3. The van der Waals surface area contributed by atoms with Crippen LogP contribution >= 0.6 is 0 Å². The van der Waals surface area contributed by atoms with E-state index in [1.165, 1.54) is 11.1 Å². The third-order valence-electron chi connectivity index (χ3n) is 3.23. The summed E-state index contributed by atoms with van der Waals surface area (Å²) in [5.74, 6) is 0.831. The van der Waals surface area contributed by atoms with Gasteiger partial charge in [-0.05, 0) is 43.7 Å². The van der Waals surface area contributed by atoms with Gasteiger partial charge in [-0.3, -0.25) is 9.69 Å². The molecular weight excluding hydrogens is 240 g/mol. The molecule has 1 aromatic rings. The highest BCUT2D eigenvalue weighted by Gasteiger charge is 2.11. The number of carbonyl (C=O) groups is 1. The Bertz CT molecular complexity index is 504. The summed E-state index contributed by atoms with van der Waals surface area (Å²) in [6.07, 6.45) is -0.0229. The number of benzene rings is 1. The number of ether oxygens (including phenoxy) is 1. The molecule has 0 atom stereocenters. The molecule has 0 heterocycles. The van der Waals surface area contributed by atoms with Gasteiger partial charge in [-0.1, -0.05) is 6.07 Å². The molecule has 0 aliphatic carbocycles. The normalized spacial score (nSPS) is 10.3. The molecule has 0 saturated carbocycles. The second-order valence-corrected chi connectivity index (χ2v) is 4.72. The maximum Gasteiger partial charge on any atom is 0.160 e. The van der Waals surface area contributed by atoms with Crippen LogP contribution in [0.25, 0.3) is 0 Å². The Morgan fingerprint density at radius 2 is 2.05 bits per heavy atom. The number of nitriles is 1. The Balaban J connectivity index is 2.75. The highest BCUT2D eigenvalue weighted by Crippen LogP contribution is 2.24. The number of hydrogen-bond acceptors (Lipinski definition) is 4. The number of ketones is 1. The number of rotatable bonds is 6. The standard InChI is InChI=1S/C15H20N2O2/c1-11-12(2)15(19-4)6-5-13(11)9-17(3)10-14(18)7-8-16/h5-6H,7,9-10H2,1-4H3. The molecule has 0 spiro atoms. The molecule has 102 valence electrons. The molecule has 19 heavy (non-hydrogen) atoms. The van der Waals surface area contributed by atoms with Crippen LogP contribution in [0, 0.1) is 25.2 Å². The van der Waals surface area contributed by atoms with Crippen molar-refractivity contribution in [2.45, 2.75) is 26.8 Å². The summed E-state index contributed by atoms with van der Waals surface area (Å²) in [6.45, 7) is 5.07. The van der Waals surface area contributed by atoms with Gasteiger partial charge in [-0.2, -0.15) is 5.26 Å². The van der Waals surface area contributed by atoms with E-state index in [9.17, 15) is 4.79 Å². The van der Waals surface area contributed by atoms with Crippen molar-refractivity contribution in [1.82, 2.24) is 4.90 Å². The second kappa shape index (κ2) is 6.91. The van der Waals surface area contributed by atoms with Crippen molar-refractivity contribution in [3.8, 4) is 11.8 Å². The van der Waals surface area contributed by atoms with Crippen molar-refractivity contribution in [2.75, 3.05) is 20.7 Å². The van der Waals surface area contributed by atoms with Crippen LogP contribution in [0.1, 0.15) is 23.1 Å². The van der Waals surface area contributed by atoms with Crippen molar-refractivity contribution in [2.24, 2.45) is 0 Å². The zero-order chi connectivity index (χ0) is 14.4. The molecule has 0 N–H and O–H groups in total. The first-order chi connectivity index (χ1) is 8.99. The van der Waals surface area contributed by atoms with Gasteiger partial charge < -0.3 is 4.74 Å². The number of nitrogens with zero attached hydrogens (tertiary/aromatic N) is 2. The Morgan fingerprint density at radius 1 is 1.37 bits per heavy atom. The molecule has 0 aliphatic heterocycles. The lowest BCUT2D eigenvalue weighted by molar-refractivity contribution is -0.119. The SMILES string of the molecule is COc1ccc(CN(C)CC(=O)CC#N)c(C)c1C. The lowest BCUT2D eigenvalue weighted by Crippen LogP contribution is -2.25. The first kappa shape index (κ1) is 15.2. The molecule has 0 aromatic heterocycles. The minimum Gasteiger partial charge on any atom is -0.496 e. The molecule has 4 heteroatoms. The van der Waals surface area contributed by atoms with Crippen molar-refractivity contribution in [3.05, 3.63) is 28.8 Å². The van der Waals surface area contributed by atoms with Gasteiger partial charge in [-0.25, -0.2) is 0 Å². The molecule has 0 saturated heterocycles. The Labute approximate surface area is 114 Å². The van der Waals surface area contributed by atoms with Crippen LogP contribution in [0.3, 0.4) is 0 Å². The zero-order valence-corrected chi connectivity index (χ0v) is 12.0. The zero-order valence-electron chi connectivity index (χ0n) is 12.0. The van der Waals surface area contributed by atoms with Gasteiger partial charge in [0, 0.05) is 6.54 Å². The number of likely N-dealkylation sites (N-methyl/N-ethyl adjacent to an activating group) is 1. The van der Waals surface area contributed by atoms with Gasteiger partial charge in [0.2, 0.25) is 0 Å². The third kappa shape index (κ3) is 4.08. The number of hydrogen-bond donors (Lipinski definition) is 0. The van der Waals surface area contributed by atoms with Crippen LogP contribution in [-0.4, -0.2) is 31.4 Å². The molecule has 0 bridgehead atoms. The van der Waals surface area contributed by atoms with E-state index in [-0.39, 0.29) is 12.2 Å². The molecule has 1 aromatic carbocycles. The smallest absolute Gasteiger partial charge is 0.160 e. The number of Topliss-reactive ketones (excluding diaryl/α,β-unsaturated/α-hetero) is 1. The third-order valence-corrected chi connectivity index (χ3v) is 3.23. The fourth-order valence-corrected chi connectivity index (χ4v) is 2.04. The highest BCUT2D eigenvalue weighted by molar-refractivity contribution is 5.82. The van der Waals surface area contributed by atoms with Crippen molar-refractivity contribution < 1.29 is 9.53 Å². The predicted molar refractivity (Wildman–Crippen MR) is 74.0 cm³/mol. The second-order valence-electron chi connectivity index (χ2n) is 4.72. The predicted octanol–water partition coefficient (Wildman–Crippen LogP) is 2.23. The van der Waals surface area contributed by atoms with Gasteiger partial charge in [-0.15, -0.1) is 0 Å². The van der Waals surface area contributed by atoms with Crippen molar-refractivity contribution in [1.29, 1.82) is 5.26 Å². The van der Waals surface area contributed by atoms with Gasteiger partial charge in [0.1, 0.15) is 5.75 Å². The minimum absolute atomic E-state index is 0.0229. The maximum absolute atomic E-state index is 11.4. The summed E-state index contributed by atoms with van der Waals surface area (Å²) in [7, 11) is 3.54. The molecule has 0 amide bonds. The molecule has 0 aliphatic rings. The summed E-state index contributed by atoms with van der Waals surface area (Å²) in [6, 6.07) is 5.85. The molecular formula is C15H20N2O2. The van der Waals surface area contributed by atoms with Crippen LogP contribution in [0.2, 0.25) is 0 Å². The molecule has 1 rings (SSSR count). The fraction of sp³-hybridized carbons (Fsp3) is 0.467.